The van der Waals surface area contributed by atoms with Crippen LogP contribution in [0.15, 0.2) is 0 Å². The van der Waals surface area contributed by atoms with Crippen LogP contribution in [0.1, 0.15) is 33.6 Å². The van der Waals surface area contributed by atoms with E-state index in [1.54, 1.807) is 0 Å². The molecule has 78 valence electrons. The van der Waals surface area contributed by atoms with Crippen LogP contribution in [0.25, 0.3) is 0 Å². The molecule has 0 saturated heterocycles. The van der Waals surface area contributed by atoms with Crippen LogP contribution in [0.3, 0.4) is 0 Å². The fourth-order valence-electron chi connectivity index (χ4n) is 3.28. The molecule has 2 aliphatic carbocycles. The van der Waals surface area contributed by atoms with E-state index in [9.17, 15) is 14.9 Å². The molecule has 0 amide bonds. The van der Waals surface area contributed by atoms with Crippen LogP contribution in [0.4, 0.5) is 0 Å². The molecule has 0 aliphatic heterocycles. The zero-order chi connectivity index (χ0) is 10.7. The first kappa shape index (κ1) is 9.62. The molecule has 2 saturated carbocycles. The number of Topliss-reactive ketones (excluding diaryl/α,β-unsaturated/α-hetero) is 1. The average molecular weight is 197 g/mol. The standard InChI is InChI=1S/C10H15NO3/c1-9(2)6-4-5-10(9,3)8(12)7(6)11(13)14/h6-7H,4-5H2,1-3H3/t6-,7-,10+/m0/s1. The van der Waals surface area contributed by atoms with Gasteiger partial charge in [-0.2, -0.15) is 0 Å². The van der Waals surface area contributed by atoms with Crippen molar-refractivity contribution in [3.63, 3.8) is 0 Å². The van der Waals surface area contributed by atoms with E-state index in [4.69, 9.17) is 0 Å². The van der Waals surface area contributed by atoms with Crippen LogP contribution in [0.5, 0.6) is 0 Å². The lowest BCUT2D eigenvalue weighted by molar-refractivity contribution is -0.516. The SMILES string of the molecule is CC1(C)[C@H]2CC[C@]1(C)C(=O)[C@H]2[N+](=O)[O-]. The van der Waals surface area contributed by atoms with Crippen LogP contribution in [0.2, 0.25) is 0 Å². The number of rotatable bonds is 1. The van der Waals surface area contributed by atoms with Gasteiger partial charge in [-0.25, -0.2) is 0 Å². The Hall–Kier alpha value is -0.930. The Balaban J connectivity index is 2.49. The van der Waals surface area contributed by atoms with Gasteiger partial charge in [-0.05, 0) is 18.3 Å². The number of hydrogen-bond donors (Lipinski definition) is 0. The molecule has 0 aromatic heterocycles. The first-order chi connectivity index (χ1) is 6.32. The van der Waals surface area contributed by atoms with E-state index in [0.717, 1.165) is 12.8 Å². The molecular formula is C10H15NO3. The van der Waals surface area contributed by atoms with Crippen molar-refractivity contribution in [3.8, 4) is 0 Å². The van der Waals surface area contributed by atoms with Gasteiger partial charge in [-0.3, -0.25) is 14.9 Å². The number of carbonyl (C=O) groups excluding carboxylic acids is 1. The minimum atomic E-state index is -0.941. The summed E-state index contributed by atoms with van der Waals surface area (Å²) in [5, 5.41) is 10.8. The zero-order valence-corrected chi connectivity index (χ0v) is 8.74. The normalized spacial score (nSPS) is 44.4. The van der Waals surface area contributed by atoms with Gasteiger partial charge in [0, 0.05) is 16.3 Å². The summed E-state index contributed by atoms with van der Waals surface area (Å²) >= 11 is 0. The molecule has 0 unspecified atom stereocenters. The largest absolute Gasteiger partial charge is 0.291 e. The molecule has 0 aromatic carbocycles. The van der Waals surface area contributed by atoms with Crippen LogP contribution in [-0.4, -0.2) is 16.7 Å². The van der Waals surface area contributed by atoms with Crippen LogP contribution in [0, 0.1) is 26.9 Å². The zero-order valence-electron chi connectivity index (χ0n) is 8.74. The third-order valence-electron chi connectivity index (χ3n) is 4.73. The smallest absolute Gasteiger partial charge is 0.274 e. The van der Waals surface area contributed by atoms with E-state index >= 15 is 0 Å². The molecule has 2 bridgehead atoms. The predicted molar refractivity (Wildman–Crippen MR) is 50.4 cm³/mol. The van der Waals surface area contributed by atoms with Gasteiger partial charge in [0.25, 0.3) is 6.04 Å². The Bertz CT molecular complexity index is 323. The summed E-state index contributed by atoms with van der Waals surface area (Å²) in [4.78, 5) is 22.3. The van der Waals surface area contributed by atoms with Gasteiger partial charge < -0.3 is 0 Å². The van der Waals surface area contributed by atoms with Crippen molar-refractivity contribution in [3.05, 3.63) is 10.1 Å². The molecule has 0 radical (unpaired) electrons. The maximum absolute atomic E-state index is 11.9. The molecule has 0 N–H and O–H groups in total. The molecule has 0 heterocycles. The minimum absolute atomic E-state index is 0.0602. The molecule has 2 rings (SSSR count). The number of fused-ring (bicyclic) bond motifs is 2. The first-order valence-corrected chi connectivity index (χ1v) is 5.00. The van der Waals surface area contributed by atoms with Gasteiger partial charge in [0.2, 0.25) is 5.78 Å². The number of hydrogen-bond acceptors (Lipinski definition) is 3. The van der Waals surface area contributed by atoms with Crippen molar-refractivity contribution in [2.75, 3.05) is 0 Å². The molecule has 3 atom stereocenters. The van der Waals surface area contributed by atoms with Gasteiger partial charge in [0.1, 0.15) is 0 Å². The highest BCUT2D eigenvalue weighted by atomic mass is 16.6. The monoisotopic (exact) mass is 197 g/mol. The maximum Gasteiger partial charge on any atom is 0.274 e. The molecule has 2 fully saturated rings. The molecule has 14 heavy (non-hydrogen) atoms. The van der Waals surface area contributed by atoms with Gasteiger partial charge in [0.15, 0.2) is 0 Å². The lowest BCUT2D eigenvalue weighted by Gasteiger charge is -2.31. The Labute approximate surface area is 82.8 Å². The van der Waals surface area contributed by atoms with Crippen LogP contribution >= 0.6 is 0 Å². The third kappa shape index (κ3) is 0.775. The number of nitrogens with zero attached hydrogens (tertiary/aromatic N) is 1. The van der Waals surface area contributed by atoms with E-state index in [-0.39, 0.29) is 22.0 Å². The van der Waals surface area contributed by atoms with E-state index in [0.29, 0.717) is 0 Å². The molecule has 2 aliphatic rings. The predicted octanol–water partition coefficient (Wildman–Crippen LogP) is 1.66. The summed E-state index contributed by atoms with van der Waals surface area (Å²) in [6, 6.07) is -0.941. The van der Waals surface area contributed by atoms with Crippen LogP contribution < -0.4 is 0 Å². The van der Waals surface area contributed by atoms with E-state index in [1.165, 1.54) is 0 Å². The van der Waals surface area contributed by atoms with Crippen molar-refractivity contribution in [1.29, 1.82) is 0 Å². The average Bonchev–Trinajstić information content (AvgIpc) is 2.35. The molecule has 4 nitrogen and oxygen atoms in total. The lowest BCUT2D eigenvalue weighted by Crippen LogP contribution is -2.38. The van der Waals surface area contributed by atoms with Gasteiger partial charge in [-0.15, -0.1) is 0 Å². The summed E-state index contributed by atoms with van der Waals surface area (Å²) < 4.78 is 0. The van der Waals surface area contributed by atoms with Crippen molar-refractivity contribution < 1.29 is 9.72 Å². The highest BCUT2D eigenvalue weighted by molar-refractivity contribution is 5.93. The highest BCUT2D eigenvalue weighted by Crippen LogP contribution is 2.63. The Morgan fingerprint density at radius 1 is 1.43 bits per heavy atom. The van der Waals surface area contributed by atoms with Crippen molar-refractivity contribution in [1.82, 2.24) is 0 Å². The Morgan fingerprint density at radius 2 is 2.00 bits per heavy atom. The maximum atomic E-state index is 11.9. The lowest BCUT2D eigenvalue weighted by atomic mass is 9.70. The van der Waals surface area contributed by atoms with Crippen molar-refractivity contribution in [2.24, 2.45) is 16.7 Å². The fraction of sp³-hybridized carbons (Fsp3) is 0.900. The summed E-state index contributed by atoms with van der Waals surface area (Å²) in [6.07, 6.45) is 1.63. The topological polar surface area (TPSA) is 60.2 Å². The van der Waals surface area contributed by atoms with E-state index in [1.807, 2.05) is 20.8 Å². The van der Waals surface area contributed by atoms with Crippen molar-refractivity contribution in [2.45, 2.75) is 39.7 Å². The van der Waals surface area contributed by atoms with Crippen molar-refractivity contribution >= 4 is 5.78 Å². The highest BCUT2D eigenvalue weighted by Gasteiger charge is 2.70. The summed E-state index contributed by atoms with van der Waals surface area (Å²) in [7, 11) is 0. The van der Waals surface area contributed by atoms with E-state index < -0.39 is 11.5 Å². The number of carbonyl (C=O) groups is 1. The quantitative estimate of drug-likeness (QED) is 0.474. The summed E-state index contributed by atoms with van der Waals surface area (Å²) in [6.45, 7) is 5.87. The third-order valence-corrected chi connectivity index (χ3v) is 4.73. The second-order valence-corrected chi connectivity index (χ2v) is 5.29. The summed E-state index contributed by atoms with van der Waals surface area (Å²) in [5.74, 6) is -0.209. The first-order valence-electron chi connectivity index (χ1n) is 5.00. The van der Waals surface area contributed by atoms with E-state index in [2.05, 4.69) is 0 Å². The second-order valence-electron chi connectivity index (χ2n) is 5.29. The number of nitro groups is 1. The molecule has 0 aromatic rings. The van der Waals surface area contributed by atoms with Gasteiger partial charge >= 0.3 is 0 Å². The number of ketones is 1. The fourth-order valence-corrected chi connectivity index (χ4v) is 3.28. The Morgan fingerprint density at radius 3 is 2.29 bits per heavy atom. The minimum Gasteiger partial charge on any atom is -0.291 e. The van der Waals surface area contributed by atoms with Crippen LogP contribution in [-0.2, 0) is 4.79 Å². The molecular weight excluding hydrogens is 182 g/mol. The van der Waals surface area contributed by atoms with Gasteiger partial charge in [0.05, 0.1) is 0 Å². The van der Waals surface area contributed by atoms with Gasteiger partial charge in [-0.1, -0.05) is 20.8 Å². The molecule has 0 spiro atoms. The molecule has 4 heteroatoms. The second kappa shape index (κ2) is 2.35. The Kier molecular flexibility index (Phi) is 1.62. The summed E-state index contributed by atoms with van der Waals surface area (Å²) in [5.41, 5.74) is -0.669.